The van der Waals surface area contributed by atoms with Gasteiger partial charge in [0, 0.05) is 30.9 Å². The molecule has 0 bridgehead atoms. The Morgan fingerprint density at radius 1 is 1.41 bits per heavy atom. The molecule has 3 heteroatoms. The van der Waals surface area contributed by atoms with Crippen molar-refractivity contribution in [3.63, 3.8) is 0 Å². The molecule has 0 saturated carbocycles. The van der Waals surface area contributed by atoms with Crippen LogP contribution >= 0.6 is 0 Å². The highest BCUT2D eigenvalue weighted by atomic mass is 16.5. The molecule has 1 aromatic carbocycles. The maximum absolute atomic E-state index is 6.05. The van der Waals surface area contributed by atoms with Gasteiger partial charge in [-0.05, 0) is 25.5 Å². The molecule has 0 aliphatic heterocycles. The van der Waals surface area contributed by atoms with E-state index >= 15 is 0 Å². The van der Waals surface area contributed by atoms with Crippen molar-refractivity contribution >= 4 is 5.69 Å². The summed E-state index contributed by atoms with van der Waals surface area (Å²) in [5.41, 5.74) is 8.32. The molecule has 96 valence electrons. The topological polar surface area (TPSA) is 38.5 Å². The molecule has 0 radical (unpaired) electrons. The number of hydrogen-bond donors (Lipinski definition) is 1. The number of nitrogens with zero attached hydrogens (tertiary/aromatic N) is 1. The lowest BCUT2D eigenvalue weighted by molar-refractivity contribution is 0.407. The van der Waals surface area contributed by atoms with E-state index in [0.717, 1.165) is 17.9 Å². The van der Waals surface area contributed by atoms with Crippen molar-refractivity contribution in [1.82, 2.24) is 0 Å². The monoisotopic (exact) mass is 236 g/mol. The van der Waals surface area contributed by atoms with Gasteiger partial charge in [0.15, 0.2) is 0 Å². The Kier molecular flexibility index (Phi) is 5.29. The smallest absolute Gasteiger partial charge is 0.125 e. The lowest BCUT2D eigenvalue weighted by Gasteiger charge is -2.25. The first kappa shape index (κ1) is 13.8. The van der Waals surface area contributed by atoms with Crippen molar-refractivity contribution in [2.45, 2.75) is 32.7 Å². The standard InChI is InChI=1S/C14H24N2O/c1-5-6-10-16(3)12-8-7-9-13(17-4)14(12)11(2)15/h7-9,11H,5-6,10,15H2,1-4H3/t11-/m0/s1. The number of anilines is 1. The number of hydrogen-bond acceptors (Lipinski definition) is 3. The van der Waals surface area contributed by atoms with E-state index in [1.807, 2.05) is 19.1 Å². The van der Waals surface area contributed by atoms with E-state index in [9.17, 15) is 0 Å². The fourth-order valence-corrected chi connectivity index (χ4v) is 2.02. The van der Waals surface area contributed by atoms with Gasteiger partial charge in [-0.3, -0.25) is 0 Å². The summed E-state index contributed by atoms with van der Waals surface area (Å²) >= 11 is 0. The second-order valence-corrected chi connectivity index (χ2v) is 4.46. The predicted molar refractivity (Wildman–Crippen MR) is 73.8 cm³/mol. The van der Waals surface area contributed by atoms with Crippen molar-refractivity contribution in [1.29, 1.82) is 0 Å². The van der Waals surface area contributed by atoms with Gasteiger partial charge in [0.25, 0.3) is 0 Å². The van der Waals surface area contributed by atoms with Crippen LogP contribution in [0.3, 0.4) is 0 Å². The van der Waals surface area contributed by atoms with Crippen molar-refractivity contribution in [3.8, 4) is 5.75 Å². The third-order valence-electron chi connectivity index (χ3n) is 2.98. The van der Waals surface area contributed by atoms with Gasteiger partial charge in [-0.1, -0.05) is 19.4 Å². The largest absolute Gasteiger partial charge is 0.496 e. The zero-order chi connectivity index (χ0) is 12.8. The molecular weight excluding hydrogens is 212 g/mol. The lowest BCUT2D eigenvalue weighted by Crippen LogP contribution is -2.22. The van der Waals surface area contributed by atoms with Crippen molar-refractivity contribution in [2.24, 2.45) is 5.73 Å². The van der Waals surface area contributed by atoms with Gasteiger partial charge in [0.1, 0.15) is 5.75 Å². The summed E-state index contributed by atoms with van der Waals surface area (Å²) in [6.07, 6.45) is 2.38. The number of methoxy groups -OCH3 is 1. The quantitative estimate of drug-likeness (QED) is 0.825. The molecule has 2 N–H and O–H groups in total. The minimum atomic E-state index is -0.0229. The minimum Gasteiger partial charge on any atom is -0.496 e. The molecular formula is C14H24N2O. The highest BCUT2D eigenvalue weighted by molar-refractivity contribution is 5.60. The van der Waals surface area contributed by atoms with E-state index < -0.39 is 0 Å². The molecule has 0 heterocycles. The summed E-state index contributed by atoms with van der Waals surface area (Å²) in [6.45, 7) is 5.24. The van der Waals surface area contributed by atoms with Gasteiger partial charge in [0.05, 0.1) is 7.11 Å². The third-order valence-corrected chi connectivity index (χ3v) is 2.98. The van der Waals surface area contributed by atoms with Gasteiger partial charge in [-0.2, -0.15) is 0 Å². The van der Waals surface area contributed by atoms with Crippen LogP contribution in [0, 0.1) is 0 Å². The van der Waals surface area contributed by atoms with Gasteiger partial charge in [0.2, 0.25) is 0 Å². The van der Waals surface area contributed by atoms with Crippen LogP contribution in [-0.4, -0.2) is 20.7 Å². The molecule has 1 atom stereocenters. The average molecular weight is 236 g/mol. The van der Waals surface area contributed by atoms with E-state index in [1.54, 1.807) is 7.11 Å². The van der Waals surface area contributed by atoms with E-state index in [2.05, 4.69) is 24.9 Å². The Balaban J connectivity index is 3.05. The van der Waals surface area contributed by atoms with Crippen LogP contribution in [-0.2, 0) is 0 Å². The molecule has 0 aliphatic carbocycles. The summed E-state index contributed by atoms with van der Waals surface area (Å²) < 4.78 is 5.40. The molecule has 0 spiro atoms. The minimum absolute atomic E-state index is 0.0229. The SMILES string of the molecule is CCCCN(C)c1cccc(OC)c1[C@H](C)N. The summed E-state index contributed by atoms with van der Waals surface area (Å²) in [5.74, 6) is 0.876. The maximum Gasteiger partial charge on any atom is 0.125 e. The van der Waals surface area contributed by atoms with Crippen LogP contribution in [0.2, 0.25) is 0 Å². The Morgan fingerprint density at radius 3 is 2.65 bits per heavy atom. The van der Waals surface area contributed by atoms with E-state index in [1.165, 1.54) is 18.5 Å². The Bertz CT molecular complexity index is 350. The van der Waals surface area contributed by atoms with Crippen molar-refractivity contribution in [2.75, 3.05) is 25.6 Å². The summed E-state index contributed by atoms with van der Waals surface area (Å²) in [4.78, 5) is 2.25. The number of benzene rings is 1. The Labute approximate surface area is 105 Å². The number of ether oxygens (including phenoxy) is 1. The van der Waals surface area contributed by atoms with Gasteiger partial charge < -0.3 is 15.4 Å². The molecule has 0 fully saturated rings. The molecule has 1 rings (SSSR count). The normalized spacial score (nSPS) is 12.3. The van der Waals surface area contributed by atoms with Crippen LogP contribution < -0.4 is 15.4 Å². The van der Waals surface area contributed by atoms with Crippen LogP contribution in [0.5, 0.6) is 5.75 Å². The average Bonchev–Trinajstić information content (AvgIpc) is 2.34. The van der Waals surface area contributed by atoms with Gasteiger partial charge in [-0.25, -0.2) is 0 Å². The first-order valence-electron chi connectivity index (χ1n) is 6.25. The second-order valence-electron chi connectivity index (χ2n) is 4.46. The Morgan fingerprint density at radius 2 is 2.12 bits per heavy atom. The molecule has 1 aromatic rings. The van der Waals surface area contributed by atoms with E-state index in [0.29, 0.717) is 0 Å². The zero-order valence-corrected chi connectivity index (χ0v) is 11.4. The van der Waals surface area contributed by atoms with Crippen LogP contribution in [0.25, 0.3) is 0 Å². The van der Waals surface area contributed by atoms with Gasteiger partial charge >= 0.3 is 0 Å². The number of rotatable bonds is 6. The van der Waals surface area contributed by atoms with Crippen molar-refractivity contribution in [3.05, 3.63) is 23.8 Å². The van der Waals surface area contributed by atoms with Crippen LogP contribution in [0.4, 0.5) is 5.69 Å². The number of nitrogens with two attached hydrogens (primary N) is 1. The highest BCUT2D eigenvalue weighted by Gasteiger charge is 2.15. The molecule has 0 unspecified atom stereocenters. The predicted octanol–water partition coefficient (Wildman–Crippen LogP) is 2.95. The van der Waals surface area contributed by atoms with E-state index in [4.69, 9.17) is 10.5 Å². The first-order chi connectivity index (χ1) is 8.11. The highest BCUT2D eigenvalue weighted by Crippen LogP contribution is 2.33. The van der Waals surface area contributed by atoms with Crippen LogP contribution in [0.1, 0.15) is 38.3 Å². The molecule has 3 nitrogen and oxygen atoms in total. The second kappa shape index (κ2) is 6.50. The summed E-state index contributed by atoms with van der Waals surface area (Å²) in [7, 11) is 3.80. The molecule has 17 heavy (non-hydrogen) atoms. The van der Waals surface area contributed by atoms with E-state index in [-0.39, 0.29) is 6.04 Å². The number of unbranched alkanes of at least 4 members (excludes halogenated alkanes) is 1. The summed E-state index contributed by atoms with van der Waals surface area (Å²) in [6, 6.07) is 6.07. The zero-order valence-electron chi connectivity index (χ0n) is 11.4. The Hall–Kier alpha value is -1.22. The molecule has 0 amide bonds. The molecule has 0 aliphatic rings. The maximum atomic E-state index is 6.05. The first-order valence-corrected chi connectivity index (χ1v) is 6.25. The van der Waals surface area contributed by atoms with Crippen molar-refractivity contribution < 1.29 is 4.74 Å². The fraction of sp³-hybridized carbons (Fsp3) is 0.571. The summed E-state index contributed by atoms with van der Waals surface area (Å²) in [5, 5.41) is 0. The third kappa shape index (κ3) is 3.37. The molecule has 0 aromatic heterocycles. The van der Waals surface area contributed by atoms with Gasteiger partial charge in [-0.15, -0.1) is 0 Å². The molecule has 0 saturated heterocycles. The van der Waals surface area contributed by atoms with Crippen LogP contribution in [0.15, 0.2) is 18.2 Å². The fourth-order valence-electron chi connectivity index (χ4n) is 2.02. The lowest BCUT2D eigenvalue weighted by atomic mass is 10.0.